The van der Waals surface area contributed by atoms with Crippen LogP contribution in [0.4, 0.5) is 26.3 Å². The maximum absolute atomic E-state index is 13.6. The second-order valence-electron chi connectivity index (χ2n) is 8.39. The number of nitrogens with zero attached hydrogens (tertiary/aromatic N) is 2. The van der Waals surface area contributed by atoms with Gasteiger partial charge in [-0.15, -0.1) is 0 Å². The summed E-state index contributed by atoms with van der Waals surface area (Å²) < 4.78 is 88.2. The highest BCUT2D eigenvalue weighted by atomic mass is 35.5. The fourth-order valence-corrected chi connectivity index (χ4v) is 3.94. The van der Waals surface area contributed by atoms with Crippen molar-refractivity contribution in [3.8, 4) is 33.9 Å². The van der Waals surface area contributed by atoms with Crippen molar-refractivity contribution in [3.63, 3.8) is 0 Å². The van der Waals surface area contributed by atoms with Crippen LogP contribution in [0.3, 0.4) is 0 Å². The second kappa shape index (κ2) is 10.2. The van der Waals surface area contributed by atoms with Gasteiger partial charge in [-0.05, 0) is 59.7 Å². The molecule has 0 radical (unpaired) electrons. The number of aromatic carboxylic acids is 1. The lowest BCUT2D eigenvalue weighted by Crippen LogP contribution is -2.11. The van der Waals surface area contributed by atoms with Gasteiger partial charge in [0.25, 0.3) is 0 Å². The lowest BCUT2D eigenvalue weighted by Gasteiger charge is -2.19. The number of hydrogen-bond acceptors (Lipinski definition) is 4. The lowest BCUT2D eigenvalue weighted by atomic mass is 9.95. The van der Waals surface area contributed by atoms with Crippen molar-refractivity contribution in [3.05, 3.63) is 88.1 Å². The van der Waals surface area contributed by atoms with Gasteiger partial charge < -0.3 is 14.9 Å². The number of halogens is 7. The Labute approximate surface area is 221 Å². The number of aromatic nitrogens is 2. The van der Waals surface area contributed by atoms with E-state index < -0.39 is 46.3 Å². The molecular weight excluding hydrogens is 554 g/mol. The summed E-state index contributed by atoms with van der Waals surface area (Å²) >= 11 is 5.86. The van der Waals surface area contributed by atoms with Crippen LogP contribution in [-0.2, 0) is 26.0 Å². The van der Waals surface area contributed by atoms with Gasteiger partial charge in [-0.25, -0.2) is 4.79 Å². The molecule has 0 aliphatic rings. The van der Waals surface area contributed by atoms with Crippen LogP contribution in [0.25, 0.3) is 22.4 Å². The molecule has 0 aliphatic heterocycles. The summed E-state index contributed by atoms with van der Waals surface area (Å²) in [4.78, 5) is 11.4. The first kappa shape index (κ1) is 27.8. The molecule has 13 heteroatoms. The molecule has 1 heterocycles. The molecule has 0 saturated heterocycles. The van der Waals surface area contributed by atoms with Crippen molar-refractivity contribution in [2.75, 3.05) is 0 Å². The van der Waals surface area contributed by atoms with Gasteiger partial charge in [-0.3, -0.25) is 4.68 Å². The van der Waals surface area contributed by atoms with Crippen molar-refractivity contribution >= 4 is 17.6 Å². The zero-order chi connectivity index (χ0) is 28.7. The summed E-state index contributed by atoms with van der Waals surface area (Å²) in [5, 5.41) is 24.9. The van der Waals surface area contributed by atoms with Gasteiger partial charge in [0.15, 0.2) is 0 Å². The van der Waals surface area contributed by atoms with Gasteiger partial charge in [0.1, 0.15) is 23.8 Å². The Hall–Kier alpha value is -4.19. The van der Waals surface area contributed by atoms with Crippen LogP contribution in [0.2, 0.25) is 5.02 Å². The molecule has 4 rings (SSSR count). The first-order chi connectivity index (χ1) is 18.1. The van der Waals surface area contributed by atoms with Crippen LogP contribution in [0.5, 0.6) is 11.5 Å². The van der Waals surface area contributed by atoms with Crippen LogP contribution in [0.1, 0.15) is 27.2 Å². The average Bonchev–Trinajstić information content (AvgIpc) is 3.24. The Morgan fingerprint density at radius 2 is 1.54 bits per heavy atom. The summed E-state index contributed by atoms with van der Waals surface area (Å²) in [5.74, 6) is -2.33. The Morgan fingerprint density at radius 1 is 0.949 bits per heavy atom. The molecule has 0 atom stereocenters. The van der Waals surface area contributed by atoms with Crippen LogP contribution in [0, 0.1) is 0 Å². The third-order valence-corrected chi connectivity index (χ3v) is 5.95. The van der Waals surface area contributed by atoms with E-state index in [-0.39, 0.29) is 35.4 Å². The van der Waals surface area contributed by atoms with Crippen LogP contribution in [-0.4, -0.2) is 26.0 Å². The molecule has 0 bridgehead atoms. The molecule has 1 aromatic heterocycles. The number of carboxylic acid groups (broad SMARTS) is 1. The highest BCUT2D eigenvalue weighted by Crippen LogP contribution is 2.47. The Kier molecular flexibility index (Phi) is 7.26. The summed E-state index contributed by atoms with van der Waals surface area (Å²) in [6, 6.07) is 10.8. The molecule has 0 spiro atoms. The van der Waals surface area contributed by atoms with Crippen LogP contribution < -0.4 is 4.74 Å². The minimum Gasteiger partial charge on any atom is -0.506 e. The quantitative estimate of drug-likeness (QED) is 0.236. The van der Waals surface area contributed by atoms with Gasteiger partial charge >= 0.3 is 18.3 Å². The third kappa shape index (κ3) is 5.95. The standard InChI is InChI=1S/C26H17ClF6N2O4/c1-35-20(24(37)38)11-19(34-35)18-6-7-21(39-12-13-2-4-17(27)5-3-13)22(23(18)36)14-8-15(25(28,29)30)10-16(9-14)26(31,32)33/h2-11,36H,12H2,1H3,(H,37,38). The van der Waals surface area contributed by atoms with Gasteiger partial charge in [-0.1, -0.05) is 23.7 Å². The van der Waals surface area contributed by atoms with Crippen molar-refractivity contribution in [2.24, 2.45) is 7.05 Å². The van der Waals surface area contributed by atoms with E-state index in [9.17, 15) is 41.4 Å². The van der Waals surface area contributed by atoms with E-state index in [1.54, 1.807) is 24.3 Å². The number of phenols is 1. The van der Waals surface area contributed by atoms with E-state index in [0.717, 1.165) is 10.7 Å². The normalized spacial score (nSPS) is 12.0. The van der Waals surface area contributed by atoms with E-state index >= 15 is 0 Å². The van der Waals surface area contributed by atoms with Gasteiger partial charge in [-0.2, -0.15) is 31.4 Å². The van der Waals surface area contributed by atoms with Crippen molar-refractivity contribution in [1.29, 1.82) is 0 Å². The topological polar surface area (TPSA) is 84.6 Å². The monoisotopic (exact) mass is 570 g/mol. The molecule has 204 valence electrons. The molecule has 2 N–H and O–H groups in total. The molecule has 6 nitrogen and oxygen atoms in total. The van der Waals surface area contributed by atoms with Crippen LogP contribution in [0.15, 0.2) is 60.7 Å². The number of rotatable bonds is 6. The Bertz CT molecular complexity index is 1510. The fraction of sp³-hybridized carbons (Fsp3) is 0.154. The molecule has 39 heavy (non-hydrogen) atoms. The number of carboxylic acids is 1. The first-order valence-corrected chi connectivity index (χ1v) is 11.3. The number of carbonyl (C=O) groups is 1. The maximum Gasteiger partial charge on any atom is 0.416 e. The molecule has 0 aliphatic carbocycles. The smallest absolute Gasteiger partial charge is 0.416 e. The molecule has 3 aromatic carbocycles. The summed E-state index contributed by atoms with van der Waals surface area (Å²) in [5.41, 5.74) is -4.20. The number of alkyl halides is 6. The van der Waals surface area contributed by atoms with E-state index in [0.29, 0.717) is 22.7 Å². The number of benzene rings is 3. The molecule has 0 unspecified atom stereocenters. The predicted molar refractivity (Wildman–Crippen MR) is 128 cm³/mol. The van der Waals surface area contributed by atoms with Gasteiger partial charge in [0, 0.05) is 17.6 Å². The lowest BCUT2D eigenvalue weighted by molar-refractivity contribution is -0.143. The largest absolute Gasteiger partial charge is 0.506 e. The van der Waals surface area contributed by atoms with Gasteiger partial charge in [0.2, 0.25) is 0 Å². The van der Waals surface area contributed by atoms with E-state index in [2.05, 4.69) is 5.10 Å². The van der Waals surface area contributed by atoms with Crippen molar-refractivity contribution < 1.29 is 46.1 Å². The van der Waals surface area contributed by atoms with E-state index in [4.69, 9.17) is 16.3 Å². The number of ether oxygens (including phenoxy) is 1. The summed E-state index contributed by atoms with van der Waals surface area (Å²) in [7, 11) is 1.32. The molecule has 4 aromatic rings. The molecular formula is C26H17ClF6N2O4. The molecule has 0 amide bonds. The van der Waals surface area contributed by atoms with Gasteiger partial charge in [0.05, 0.1) is 22.4 Å². The maximum atomic E-state index is 13.6. The highest BCUT2D eigenvalue weighted by molar-refractivity contribution is 6.30. The van der Waals surface area contributed by atoms with E-state index in [1.807, 2.05) is 0 Å². The zero-order valence-corrected chi connectivity index (χ0v) is 20.5. The number of aryl methyl sites for hydroxylation is 1. The number of aromatic hydroxyl groups is 1. The summed E-state index contributed by atoms with van der Waals surface area (Å²) in [6.45, 7) is -0.166. The predicted octanol–water partition coefficient (Wildman–Crippen LogP) is 7.43. The van der Waals surface area contributed by atoms with E-state index in [1.165, 1.54) is 19.2 Å². The number of hydrogen-bond donors (Lipinski definition) is 2. The Morgan fingerprint density at radius 3 is 2.05 bits per heavy atom. The van der Waals surface area contributed by atoms with Crippen LogP contribution >= 0.6 is 11.6 Å². The molecule has 0 saturated carbocycles. The summed E-state index contributed by atoms with van der Waals surface area (Å²) in [6.07, 6.45) is -10.3. The average molecular weight is 571 g/mol. The second-order valence-corrected chi connectivity index (χ2v) is 8.82. The molecule has 0 fully saturated rings. The zero-order valence-electron chi connectivity index (χ0n) is 19.7. The number of phenolic OH excluding ortho intramolecular Hbond substituents is 1. The minimum absolute atomic E-state index is 0.0312. The SMILES string of the molecule is Cn1nc(-c2ccc(OCc3ccc(Cl)cc3)c(-c3cc(C(F)(F)F)cc(C(F)(F)F)c3)c2O)cc1C(=O)O. The highest BCUT2D eigenvalue weighted by Gasteiger charge is 2.37. The minimum atomic E-state index is -5.13. The Balaban J connectivity index is 1.93. The van der Waals surface area contributed by atoms with Crippen molar-refractivity contribution in [2.45, 2.75) is 19.0 Å². The first-order valence-electron chi connectivity index (χ1n) is 11.0. The third-order valence-electron chi connectivity index (χ3n) is 5.70. The van der Waals surface area contributed by atoms with Crippen molar-refractivity contribution in [1.82, 2.24) is 9.78 Å². The fourth-order valence-electron chi connectivity index (χ4n) is 3.82.